The maximum Gasteiger partial charge on any atom is 0.223 e. The zero-order valence-corrected chi connectivity index (χ0v) is 18.0. The van der Waals surface area contributed by atoms with E-state index in [4.69, 9.17) is 22.4 Å². The molecule has 3 N–H and O–H groups in total. The molecule has 0 bridgehead atoms. The van der Waals surface area contributed by atoms with Crippen LogP contribution in [0.25, 0.3) is 11.0 Å². The molecule has 6 nitrogen and oxygen atoms in total. The zero-order valence-electron chi connectivity index (χ0n) is 15.1. The van der Waals surface area contributed by atoms with Gasteiger partial charge in [0.25, 0.3) is 0 Å². The van der Waals surface area contributed by atoms with Crippen LogP contribution < -0.4 is 5.73 Å². The quantitative estimate of drug-likeness (QED) is 0.250. The van der Waals surface area contributed by atoms with Crippen molar-refractivity contribution in [3.8, 4) is 11.8 Å². The first-order chi connectivity index (χ1) is 12.9. The topological polar surface area (TPSA) is 89.8 Å². The number of fused-ring (bicyclic) bond motifs is 1. The number of aliphatic hydroxyl groups excluding tert-OH is 1. The van der Waals surface area contributed by atoms with E-state index in [-0.39, 0.29) is 17.7 Å². The van der Waals surface area contributed by atoms with Gasteiger partial charge in [-0.05, 0) is 54.0 Å². The number of aryl methyl sites for hydroxylation is 1. The predicted molar refractivity (Wildman–Crippen MR) is 116 cm³/mol. The van der Waals surface area contributed by atoms with Gasteiger partial charge >= 0.3 is 0 Å². The SMILES string of the molecule is Cc1cnc(Cn2cc(C#CCCCO)c3c(Cl)nc(N)nc32)c(C)c1I. The van der Waals surface area contributed by atoms with Gasteiger partial charge in [-0.1, -0.05) is 23.4 Å². The van der Waals surface area contributed by atoms with Gasteiger partial charge in [-0.3, -0.25) is 4.98 Å². The minimum atomic E-state index is 0.119. The third-order valence-electron chi connectivity index (χ3n) is 4.21. The van der Waals surface area contributed by atoms with Crippen LogP contribution in [-0.2, 0) is 6.54 Å². The summed E-state index contributed by atoms with van der Waals surface area (Å²) in [4.78, 5) is 13.0. The van der Waals surface area contributed by atoms with Crippen molar-refractivity contribution in [2.75, 3.05) is 12.3 Å². The second kappa shape index (κ2) is 8.42. The summed E-state index contributed by atoms with van der Waals surface area (Å²) < 4.78 is 3.15. The second-order valence-corrected chi connectivity index (χ2v) is 7.63. The molecule has 0 amide bonds. The van der Waals surface area contributed by atoms with Crippen LogP contribution in [-0.4, -0.2) is 31.2 Å². The van der Waals surface area contributed by atoms with Crippen LogP contribution >= 0.6 is 34.2 Å². The number of nitrogen functional groups attached to an aromatic ring is 1. The van der Waals surface area contributed by atoms with Gasteiger partial charge in [-0.15, -0.1) is 0 Å². The summed E-state index contributed by atoms with van der Waals surface area (Å²) in [5.74, 6) is 6.29. The number of aliphatic hydroxyl groups is 1. The smallest absolute Gasteiger partial charge is 0.223 e. The summed E-state index contributed by atoms with van der Waals surface area (Å²) in [5.41, 5.74) is 10.4. The maximum atomic E-state index is 8.91. The summed E-state index contributed by atoms with van der Waals surface area (Å²) in [6.45, 7) is 4.76. The van der Waals surface area contributed by atoms with E-state index in [9.17, 15) is 0 Å². The average Bonchev–Trinajstić information content (AvgIpc) is 2.97. The Kier molecular flexibility index (Phi) is 6.19. The van der Waals surface area contributed by atoms with Gasteiger partial charge in [-0.2, -0.15) is 4.98 Å². The lowest BCUT2D eigenvalue weighted by molar-refractivity contribution is 0.290. The van der Waals surface area contributed by atoms with E-state index >= 15 is 0 Å². The van der Waals surface area contributed by atoms with Gasteiger partial charge in [0.2, 0.25) is 5.95 Å². The van der Waals surface area contributed by atoms with E-state index in [1.807, 2.05) is 23.9 Å². The fraction of sp³-hybridized carbons (Fsp3) is 0.316. The van der Waals surface area contributed by atoms with E-state index in [1.165, 1.54) is 3.57 Å². The number of unbranched alkanes of at least 4 members (excludes halogenated alkanes) is 1. The number of halogens is 2. The molecule has 0 aliphatic carbocycles. The first-order valence-corrected chi connectivity index (χ1v) is 9.90. The highest BCUT2D eigenvalue weighted by atomic mass is 127. The molecule has 3 aromatic heterocycles. The monoisotopic (exact) mass is 495 g/mol. The summed E-state index contributed by atoms with van der Waals surface area (Å²) >= 11 is 8.67. The van der Waals surface area contributed by atoms with Gasteiger partial charge in [0.1, 0.15) is 10.8 Å². The van der Waals surface area contributed by atoms with Gasteiger partial charge in [0.05, 0.1) is 23.2 Å². The van der Waals surface area contributed by atoms with Crippen LogP contribution in [0, 0.1) is 29.3 Å². The lowest BCUT2D eigenvalue weighted by atomic mass is 10.1. The fourth-order valence-electron chi connectivity index (χ4n) is 2.77. The second-order valence-electron chi connectivity index (χ2n) is 6.20. The molecule has 3 aromatic rings. The molecule has 0 saturated heterocycles. The average molecular weight is 496 g/mol. The predicted octanol–water partition coefficient (Wildman–Crippen LogP) is 3.46. The Labute approximate surface area is 176 Å². The van der Waals surface area contributed by atoms with Crippen LogP contribution in [0.2, 0.25) is 5.15 Å². The summed E-state index contributed by atoms with van der Waals surface area (Å²) in [5, 5.41) is 9.88. The van der Waals surface area contributed by atoms with Crippen molar-refractivity contribution in [2.24, 2.45) is 0 Å². The number of aromatic nitrogens is 4. The Morgan fingerprint density at radius 1 is 1.33 bits per heavy atom. The molecule has 0 aliphatic heterocycles. The van der Waals surface area contributed by atoms with Crippen molar-refractivity contribution in [3.63, 3.8) is 0 Å². The van der Waals surface area contributed by atoms with Crippen molar-refractivity contribution in [1.82, 2.24) is 19.5 Å². The lowest BCUT2D eigenvalue weighted by Gasteiger charge is -2.10. The van der Waals surface area contributed by atoms with Crippen LogP contribution in [0.1, 0.15) is 35.2 Å². The lowest BCUT2D eigenvalue weighted by Crippen LogP contribution is -2.06. The molecular weight excluding hydrogens is 477 g/mol. The fourth-order valence-corrected chi connectivity index (χ4v) is 3.49. The highest BCUT2D eigenvalue weighted by Crippen LogP contribution is 2.28. The highest BCUT2D eigenvalue weighted by molar-refractivity contribution is 14.1. The Morgan fingerprint density at radius 2 is 2.11 bits per heavy atom. The molecule has 0 radical (unpaired) electrons. The van der Waals surface area contributed by atoms with E-state index < -0.39 is 0 Å². The number of pyridine rings is 1. The Hall–Kier alpha value is -1.89. The van der Waals surface area contributed by atoms with Gasteiger partial charge in [0.15, 0.2) is 0 Å². The molecule has 0 saturated carbocycles. The van der Waals surface area contributed by atoms with E-state index in [2.05, 4.69) is 56.3 Å². The van der Waals surface area contributed by atoms with Crippen molar-refractivity contribution < 1.29 is 5.11 Å². The van der Waals surface area contributed by atoms with Crippen molar-refractivity contribution >= 4 is 51.2 Å². The number of rotatable bonds is 4. The highest BCUT2D eigenvalue weighted by Gasteiger charge is 2.16. The minimum absolute atomic E-state index is 0.119. The van der Waals surface area contributed by atoms with Crippen molar-refractivity contribution in [3.05, 3.63) is 43.5 Å². The third kappa shape index (κ3) is 4.18. The van der Waals surface area contributed by atoms with E-state index in [0.717, 1.165) is 22.4 Å². The molecular formula is C19H19ClIN5O. The van der Waals surface area contributed by atoms with Crippen molar-refractivity contribution in [1.29, 1.82) is 0 Å². The zero-order chi connectivity index (χ0) is 19.6. The molecule has 3 heterocycles. The van der Waals surface area contributed by atoms with Gasteiger partial charge in [-0.25, -0.2) is 4.98 Å². The largest absolute Gasteiger partial charge is 0.396 e. The Bertz CT molecular complexity index is 1070. The molecule has 27 heavy (non-hydrogen) atoms. The van der Waals surface area contributed by atoms with Crippen LogP contribution in [0.15, 0.2) is 12.4 Å². The van der Waals surface area contributed by atoms with E-state index in [1.54, 1.807) is 0 Å². The van der Waals surface area contributed by atoms with E-state index in [0.29, 0.717) is 30.4 Å². The van der Waals surface area contributed by atoms with Gasteiger partial charge < -0.3 is 15.4 Å². The molecule has 0 aromatic carbocycles. The normalized spacial score (nSPS) is 10.9. The van der Waals surface area contributed by atoms with Crippen LogP contribution in [0.5, 0.6) is 0 Å². The standard InChI is InChI=1S/C19H19ClIN5O/c1-11-8-23-14(12(2)16(11)21)10-26-9-13(6-4-3-5-7-27)15-17(20)24-19(22)25-18(15)26/h8-9,27H,3,5,7,10H2,1-2H3,(H2,22,24,25). The van der Waals surface area contributed by atoms with Gasteiger partial charge in [0, 0.05) is 29.0 Å². The molecule has 8 heteroatoms. The molecule has 3 rings (SSSR count). The van der Waals surface area contributed by atoms with Crippen LogP contribution in [0.4, 0.5) is 5.95 Å². The molecule has 0 fully saturated rings. The van der Waals surface area contributed by atoms with Crippen molar-refractivity contribution in [2.45, 2.75) is 33.2 Å². The molecule has 0 spiro atoms. The third-order valence-corrected chi connectivity index (χ3v) is 6.15. The Balaban J connectivity index is 2.10. The number of hydrogen-bond acceptors (Lipinski definition) is 5. The number of nitrogens with two attached hydrogens (primary N) is 1. The molecule has 140 valence electrons. The number of hydrogen-bond donors (Lipinski definition) is 2. The minimum Gasteiger partial charge on any atom is -0.396 e. The summed E-state index contributed by atoms with van der Waals surface area (Å²) in [6, 6.07) is 0. The molecule has 0 atom stereocenters. The summed E-state index contributed by atoms with van der Waals surface area (Å²) in [7, 11) is 0. The molecule has 0 unspecified atom stereocenters. The number of anilines is 1. The first-order valence-electron chi connectivity index (χ1n) is 8.44. The first kappa shape index (κ1) is 19.9. The number of nitrogens with zero attached hydrogens (tertiary/aromatic N) is 4. The molecule has 0 aliphatic rings. The summed E-state index contributed by atoms with van der Waals surface area (Å²) in [6.07, 6.45) is 5.02. The maximum absolute atomic E-state index is 8.91. The Morgan fingerprint density at radius 3 is 2.85 bits per heavy atom. The van der Waals surface area contributed by atoms with Crippen LogP contribution in [0.3, 0.4) is 0 Å².